The molecule has 0 spiro atoms. The van der Waals surface area contributed by atoms with E-state index < -0.39 is 16.9 Å². The van der Waals surface area contributed by atoms with Crippen molar-refractivity contribution < 1.29 is 23.9 Å². The Kier molecular flexibility index (Phi) is 7.30. The topological polar surface area (TPSA) is 99.9 Å². The molecular formula is C13H18N2O6. The Balaban J connectivity index is 2.68. The van der Waals surface area contributed by atoms with E-state index in [1.165, 1.54) is 20.3 Å². The summed E-state index contributed by atoms with van der Waals surface area (Å²) in [6, 6.07) is 5.57. The third kappa shape index (κ3) is 5.46. The van der Waals surface area contributed by atoms with E-state index in [1.54, 1.807) is 18.2 Å². The van der Waals surface area contributed by atoms with Crippen molar-refractivity contribution in [1.29, 1.82) is 0 Å². The molecule has 116 valence electrons. The number of hydrogen-bond donors (Lipinski definition) is 1. The Labute approximate surface area is 122 Å². The van der Waals surface area contributed by atoms with Gasteiger partial charge in [0.1, 0.15) is 12.8 Å². The van der Waals surface area contributed by atoms with Gasteiger partial charge in [0, 0.05) is 25.3 Å². The highest BCUT2D eigenvalue weighted by atomic mass is 16.7. The normalized spacial score (nSPS) is 11.9. The largest absolute Gasteiger partial charge is 0.468 e. The number of hydrogen-bond acceptors (Lipinski definition) is 7. The van der Waals surface area contributed by atoms with Gasteiger partial charge in [-0.1, -0.05) is 18.2 Å². The quantitative estimate of drug-likeness (QED) is 0.237. The van der Waals surface area contributed by atoms with Gasteiger partial charge >= 0.3 is 5.97 Å². The number of nitrogens with zero attached hydrogens (tertiary/aromatic N) is 1. The van der Waals surface area contributed by atoms with Crippen molar-refractivity contribution in [3.63, 3.8) is 0 Å². The van der Waals surface area contributed by atoms with Crippen molar-refractivity contribution >= 4 is 11.7 Å². The van der Waals surface area contributed by atoms with Gasteiger partial charge in [-0.3, -0.25) is 20.2 Å². The van der Waals surface area contributed by atoms with Crippen LogP contribution in [0.2, 0.25) is 0 Å². The van der Waals surface area contributed by atoms with Crippen molar-refractivity contribution in [2.75, 3.05) is 27.6 Å². The van der Waals surface area contributed by atoms with Crippen LogP contribution < -0.4 is 5.32 Å². The number of rotatable bonds is 9. The van der Waals surface area contributed by atoms with E-state index in [4.69, 9.17) is 9.47 Å². The van der Waals surface area contributed by atoms with Gasteiger partial charge in [0.2, 0.25) is 0 Å². The predicted molar refractivity (Wildman–Crippen MR) is 73.6 cm³/mol. The zero-order chi connectivity index (χ0) is 15.7. The molecular weight excluding hydrogens is 280 g/mol. The SMILES string of the molecule is COCOCC(NCc1ccccc1[N+](=O)[O-])C(=O)OC. The molecule has 0 amide bonds. The molecule has 21 heavy (non-hydrogen) atoms. The average molecular weight is 298 g/mol. The summed E-state index contributed by atoms with van der Waals surface area (Å²) in [7, 11) is 2.73. The summed E-state index contributed by atoms with van der Waals surface area (Å²) < 4.78 is 14.5. The summed E-state index contributed by atoms with van der Waals surface area (Å²) >= 11 is 0. The maximum atomic E-state index is 11.6. The van der Waals surface area contributed by atoms with Gasteiger partial charge in [0.25, 0.3) is 5.69 Å². The molecule has 1 aromatic carbocycles. The molecule has 0 radical (unpaired) electrons. The number of ether oxygens (including phenoxy) is 3. The fourth-order valence-electron chi connectivity index (χ4n) is 1.67. The fraction of sp³-hybridized carbons (Fsp3) is 0.462. The van der Waals surface area contributed by atoms with Crippen LogP contribution in [-0.4, -0.2) is 44.6 Å². The predicted octanol–water partition coefficient (Wildman–Crippen LogP) is 0.846. The number of para-hydroxylation sites is 1. The van der Waals surface area contributed by atoms with Gasteiger partial charge in [-0.2, -0.15) is 0 Å². The lowest BCUT2D eigenvalue weighted by Gasteiger charge is -2.16. The number of nitrogens with one attached hydrogen (secondary N) is 1. The Morgan fingerprint density at radius 2 is 2.10 bits per heavy atom. The smallest absolute Gasteiger partial charge is 0.325 e. The molecule has 8 heteroatoms. The Hall–Kier alpha value is -2.03. The highest BCUT2D eigenvalue weighted by Crippen LogP contribution is 2.17. The lowest BCUT2D eigenvalue weighted by atomic mass is 10.1. The zero-order valence-corrected chi connectivity index (χ0v) is 11.9. The first-order chi connectivity index (χ1) is 10.1. The van der Waals surface area contributed by atoms with Crippen LogP contribution in [0, 0.1) is 10.1 Å². The molecule has 1 unspecified atom stereocenters. The lowest BCUT2D eigenvalue weighted by Crippen LogP contribution is -2.41. The number of nitro benzene ring substituents is 1. The molecule has 1 aromatic rings. The lowest BCUT2D eigenvalue weighted by molar-refractivity contribution is -0.385. The second-order valence-electron chi connectivity index (χ2n) is 4.12. The minimum Gasteiger partial charge on any atom is -0.468 e. The fourth-order valence-corrected chi connectivity index (χ4v) is 1.67. The molecule has 1 rings (SSSR count). The molecule has 0 heterocycles. The molecule has 0 saturated heterocycles. The highest BCUT2D eigenvalue weighted by Gasteiger charge is 2.20. The molecule has 0 aliphatic carbocycles. The van der Waals surface area contributed by atoms with Crippen LogP contribution in [0.25, 0.3) is 0 Å². The van der Waals surface area contributed by atoms with E-state index in [-0.39, 0.29) is 25.6 Å². The summed E-state index contributed by atoms with van der Waals surface area (Å²) in [5.41, 5.74) is 0.467. The molecule has 1 atom stereocenters. The highest BCUT2D eigenvalue weighted by molar-refractivity contribution is 5.75. The Morgan fingerprint density at radius 3 is 2.71 bits per heavy atom. The molecule has 0 bridgehead atoms. The van der Waals surface area contributed by atoms with Gasteiger partial charge in [0.15, 0.2) is 0 Å². The van der Waals surface area contributed by atoms with E-state index in [9.17, 15) is 14.9 Å². The van der Waals surface area contributed by atoms with Crippen LogP contribution in [0.4, 0.5) is 5.69 Å². The standard InChI is InChI=1S/C13H18N2O6/c1-19-9-21-8-11(13(16)20-2)14-7-10-5-3-4-6-12(10)15(17)18/h3-6,11,14H,7-9H2,1-2H3. The maximum absolute atomic E-state index is 11.6. The number of nitro groups is 1. The first-order valence-electron chi connectivity index (χ1n) is 6.20. The van der Waals surface area contributed by atoms with E-state index in [0.29, 0.717) is 5.56 Å². The number of esters is 1. The van der Waals surface area contributed by atoms with Crippen LogP contribution >= 0.6 is 0 Å². The summed E-state index contributed by atoms with van der Waals surface area (Å²) in [4.78, 5) is 22.1. The summed E-state index contributed by atoms with van der Waals surface area (Å²) in [6.45, 7) is 0.231. The number of benzene rings is 1. The van der Waals surface area contributed by atoms with E-state index in [0.717, 1.165) is 0 Å². The number of methoxy groups -OCH3 is 2. The third-order valence-corrected chi connectivity index (χ3v) is 2.70. The van der Waals surface area contributed by atoms with Crippen LogP contribution in [0.3, 0.4) is 0 Å². The maximum Gasteiger partial charge on any atom is 0.325 e. The Bertz CT molecular complexity index is 479. The minimum absolute atomic E-state index is 0.00794. The molecule has 0 aliphatic rings. The van der Waals surface area contributed by atoms with E-state index in [1.807, 2.05) is 0 Å². The van der Waals surface area contributed by atoms with Gasteiger partial charge in [0.05, 0.1) is 18.6 Å². The summed E-state index contributed by atoms with van der Waals surface area (Å²) in [6.07, 6.45) is 0. The van der Waals surface area contributed by atoms with E-state index in [2.05, 4.69) is 10.1 Å². The monoisotopic (exact) mass is 298 g/mol. The summed E-state index contributed by atoms with van der Waals surface area (Å²) in [5, 5.41) is 13.8. The molecule has 1 N–H and O–H groups in total. The van der Waals surface area contributed by atoms with Crippen LogP contribution in [0.15, 0.2) is 24.3 Å². The van der Waals surface area contributed by atoms with Gasteiger partial charge in [-0.15, -0.1) is 0 Å². The van der Waals surface area contributed by atoms with Crippen molar-refractivity contribution in [3.8, 4) is 0 Å². The number of carbonyl (C=O) groups is 1. The number of carbonyl (C=O) groups excluding carboxylic acids is 1. The summed E-state index contributed by atoms with van der Waals surface area (Å²) in [5.74, 6) is -0.510. The van der Waals surface area contributed by atoms with Crippen molar-refractivity contribution in [3.05, 3.63) is 39.9 Å². The minimum atomic E-state index is -0.732. The zero-order valence-electron chi connectivity index (χ0n) is 11.9. The van der Waals surface area contributed by atoms with Crippen molar-refractivity contribution in [2.24, 2.45) is 0 Å². The van der Waals surface area contributed by atoms with Gasteiger partial charge in [-0.05, 0) is 0 Å². The first-order valence-corrected chi connectivity index (χ1v) is 6.20. The molecule has 0 fully saturated rings. The van der Waals surface area contributed by atoms with Gasteiger partial charge in [-0.25, -0.2) is 0 Å². The van der Waals surface area contributed by atoms with E-state index >= 15 is 0 Å². The first kappa shape index (κ1) is 17.0. The van der Waals surface area contributed by atoms with Crippen molar-refractivity contribution in [1.82, 2.24) is 5.32 Å². The second-order valence-corrected chi connectivity index (χ2v) is 4.12. The average Bonchev–Trinajstić information content (AvgIpc) is 2.50. The van der Waals surface area contributed by atoms with Crippen LogP contribution in [-0.2, 0) is 25.5 Å². The molecule has 8 nitrogen and oxygen atoms in total. The molecule has 0 aliphatic heterocycles. The van der Waals surface area contributed by atoms with Crippen LogP contribution in [0.5, 0.6) is 0 Å². The van der Waals surface area contributed by atoms with Crippen LogP contribution in [0.1, 0.15) is 5.56 Å². The molecule has 0 saturated carbocycles. The Morgan fingerprint density at radius 1 is 1.38 bits per heavy atom. The second kappa shape index (κ2) is 9.01. The van der Waals surface area contributed by atoms with Gasteiger partial charge < -0.3 is 14.2 Å². The third-order valence-electron chi connectivity index (χ3n) is 2.70. The molecule has 0 aromatic heterocycles. The van der Waals surface area contributed by atoms with Crippen molar-refractivity contribution in [2.45, 2.75) is 12.6 Å².